The summed E-state index contributed by atoms with van der Waals surface area (Å²) in [5, 5.41) is 10.9. The summed E-state index contributed by atoms with van der Waals surface area (Å²) in [6, 6.07) is 3.87. The van der Waals surface area contributed by atoms with E-state index in [-0.39, 0.29) is 35.5 Å². The number of likely N-dealkylation sites (N-methyl/N-ethyl adjacent to an activating group) is 1. The molecular formula is C17H23N3O5. The molecule has 1 fully saturated rings. The summed E-state index contributed by atoms with van der Waals surface area (Å²) in [5.74, 6) is -1.02. The fourth-order valence-corrected chi connectivity index (χ4v) is 3.15. The van der Waals surface area contributed by atoms with Gasteiger partial charge in [0.2, 0.25) is 0 Å². The van der Waals surface area contributed by atoms with Gasteiger partial charge in [0.05, 0.1) is 10.5 Å². The highest BCUT2D eigenvalue weighted by atomic mass is 16.6. The van der Waals surface area contributed by atoms with E-state index in [1.165, 1.54) is 18.6 Å². The van der Waals surface area contributed by atoms with E-state index in [9.17, 15) is 19.7 Å². The molecule has 2 N–H and O–H groups in total. The monoisotopic (exact) mass is 349 g/mol. The molecule has 0 aliphatic heterocycles. The van der Waals surface area contributed by atoms with Crippen molar-refractivity contribution in [1.29, 1.82) is 0 Å². The van der Waals surface area contributed by atoms with Gasteiger partial charge in [-0.25, -0.2) is 4.79 Å². The lowest BCUT2D eigenvalue weighted by molar-refractivity contribution is -0.383. The SMILES string of the molecule is CCN(C(=O)COC(=O)c1ccc(N)c([N+](=O)[O-])c1)C1CCCCC1. The second kappa shape index (κ2) is 8.46. The van der Waals surface area contributed by atoms with Crippen LogP contribution in [0.5, 0.6) is 0 Å². The molecule has 1 aromatic rings. The first-order valence-electron chi connectivity index (χ1n) is 8.44. The molecule has 1 amide bonds. The van der Waals surface area contributed by atoms with Crippen molar-refractivity contribution in [2.45, 2.75) is 45.1 Å². The first kappa shape index (κ1) is 18.7. The third-order valence-corrected chi connectivity index (χ3v) is 4.47. The third kappa shape index (κ3) is 4.68. The Morgan fingerprint density at radius 1 is 1.32 bits per heavy atom. The van der Waals surface area contributed by atoms with E-state index in [1.54, 1.807) is 4.90 Å². The fraction of sp³-hybridized carbons (Fsp3) is 0.529. The van der Waals surface area contributed by atoms with Crippen LogP contribution in [0.1, 0.15) is 49.4 Å². The topological polar surface area (TPSA) is 116 Å². The van der Waals surface area contributed by atoms with Crippen LogP contribution in [0.25, 0.3) is 0 Å². The minimum absolute atomic E-state index is 0.00517. The van der Waals surface area contributed by atoms with Crippen molar-refractivity contribution in [2.24, 2.45) is 0 Å². The normalized spacial score (nSPS) is 14.8. The van der Waals surface area contributed by atoms with Crippen LogP contribution in [0.4, 0.5) is 11.4 Å². The average Bonchev–Trinajstić information content (AvgIpc) is 2.61. The molecule has 1 saturated carbocycles. The van der Waals surface area contributed by atoms with E-state index >= 15 is 0 Å². The molecule has 1 aliphatic carbocycles. The highest BCUT2D eigenvalue weighted by molar-refractivity contribution is 5.92. The van der Waals surface area contributed by atoms with Crippen LogP contribution in [0.3, 0.4) is 0 Å². The molecule has 2 rings (SSSR count). The summed E-state index contributed by atoms with van der Waals surface area (Å²) in [6.07, 6.45) is 5.33. The number of amides is 1. The second-order valence-electron chi connectivity index (χ2n) is 6.08. The Bertz CT molecular complexity index is 656. The molecule has 8 heteroatoms. The summed E-state index contributed by atoms with van der Waals surface area (Å²) in [7, 11) is 0. The molecule has 0 radical (unpaired) electrons. The first-order valence-corrected chi connectivity index (χ1v) is 8.44. The molecular weight excluding hydrogens is 326 g/mol. The zero-order valence-electron chi connectivity index (χ0n) is 14.3. The predicted molar refractivity (Wildman–Crippen MR) is 92.1 cm³/mol. The van der Waals surface area contributed by atoms with E-state index in [0.29, 0.717) is 6.54 Å². The maximum atomic E-state index is 12.4. The van der Waals surface area contributed by atoms with Gasteiger partial charge in [-0.2, -0.15) is 0 Å². The van der Waals surface area contributed by atoms with Gasteiger partial charge in [-0.05, 0) is 31.9 Å². The zero-order chi connectivity index (χ0) is 18.4. The van der Waals surface area contributed by atoms with Crippen molar-refractivity contribution >= 4 is 23.3 Å². The maximum absolute atomic E-state index is 12.4. The number of hydrogen-bond acceptors (Lipinski definition) is 6. The van der Waals surface area contributed by atoms with Crippen LogP contribution in [0, 0.1) is 10.1 Å². The van der Waals surface area contributed by atoms with E-state index in [4.69, 9.17) is 10.5 Å². The standard InChI is InChI=1S/C17H23N3O5/c1-2-19(13-6-4-3-5-7-13)16(21)11-25-17(22)12-8-9-14(18)15(10-12)20(23)24/h8-10,13H,2-7,11,18H2,1H3. The Hall–Kier alpha value is -2.64. The number of nitrogens with zero attached hydrogens (tertiary/aromatic N) is 2. The number of anilines is 1. The van der Waals surface area contributed by atoms with Gasteiger partial charge in [-0.3, -0.25) is 14.9 Å². The van der Waals surface area contributed by atoms with E-state index in [0.717, 1.165) is 31.7 Å². The Kier molecular flexibility index (Phi) is 6.32. The number of nitrogens with two attached hydrogens (primary N) is 1. The zero-order valence-corrected chi connectivity index (χ0v) is 14.3. The molecule has 0 spiro atoms. The van der Waals surface area contributed by atoms with E-state index < -0.39 is 10.9 Å². The first-order chi connectivity index (χ1) is 11.9. The van der Waals surface area contributed by atoms with E-state index in [2.05, 4.69) is 0 Å². The summed E-state index contributed by atoms with van der Waals surface area (Å²) in [5.41, 5.74) is 5.10. The van der Waals surface area contributed by atoms with Gasteiger partial charge in [0.15, 0.2) is 6.61 Å². The number of nitro groups is 1. The molecule has 0 atom stereocenters. The molecule has 0 bridgehead atoms. The highest BCUT2D eigenvalue weighted by Gasteiger charge is 2.25. The van der Waals surface area contributed by atoms with Gasteiger partial charge >= 0.3 is 5.97 Å². The predicted octanol–water partition coefficient (Wildman–Crippen LogP) is 2.52. The Balaban J connectivity index is 1.97. The van der Waals surface area contributed by atoms with E-state index in [1.807, 2.05) is 6.92 Å². The highest BCUT2D eigenvalue weighted by Crippen LogP contribution is 2.24. The minimum atomic E-state index is -0.781. The lowest BCUT2D eigenvalue weighted by Crippen LogP contribution is -2.43. The van der Waals surface area contributed by atoms with Crippen molar-refractivity contribution in [3.63, 3.8) is 0 Å². The largest absolute Gasteiger partial charge is 0.452 e. The van der Waals surface area contributed by atoms with Crippen molar-refractivity contribution < 1.29 is 19.2 Å². The number of esters is 1. The van der Waals surface area contributed by atoms with Crippen molar-refractivity contribution in [3.05, 3.63) is 33.9 Å². The average molecular weight is 349 g/mol. The van der Waals surface area contributed by atoms with Crippen molar-refractivity contribution in [3.8, 4) is 0 Å². The Labute approximate surface area is 146 Å². The second-order valence-corrected chi connectivity index (χ2v) is 6.08. The van der Waals surface area contributed by atoms with Crippen LogP contribution in [-0.4, -0.2) is 40.9 Å². The van der Waals surface area contributed by atoms with Crippen LogP contribution < -0.4 is 5.73 Å². The molecule has 1 aliphatic rings. The van der Waals surface area contributed by atoms with Crippen LogP contribution in [-0.2, 0) is 9.53 Å². The Morgan fingerprint density at radius 3 is 2.60 bits per heavy atom. The summed E-state index contributed by atoms with van der Waals surface area (Å²) in [4.78, 5) is 36.4. The third-order valence-electron chi connectivity index (χ3n) is 4.47. The maximum Gasteiger partial charge on any atom is 0.338 e. The number of nitrogen functional groups attached to an aromatic ring is 1. The van der Waals surface area contributed by atoms with Crippen LogP contribution >= 0.6 is 0 Å². The number of ether oxygens (including phenoxy) is 1. The molecule has 1 aromatic carbocycles. The number of benzene rings is 1. The van der Waals surface area contributed by atoms with Crippen molar-refractivity contribution in [1.82, 2.24) is 4.90 Å². The minimum Gasteiger partial charge on any atom is -0.452 e. The molecule has 0 unspecified atom stereocenters. The number of nitro benzene ring substituents is 1. The number of carbonyl (C=O) groups is 2. The molecule has 0 heterocycles. The smallest absolute Gasteiger partial charge is 0.338 e. The van der Waals surface area contributed by atoms with Gasteiger partial charge < -0.3 is 15.4 Å². The van der Waals surface area contributed by atoms with Crippen molar-refractivity contribution in [2.75, 3.05) is 18.9 Å². The molecule has 8 nitrogen and oxygen atoms in total. The summed E-state index contributed by atoms with van der Waals surface area (Å²) in [6.45, 7) is 2.09. The summed E-state index contributed by atoms with van der Waals surface area (Å²) < 4.78 is 5.04. The van der Waals surface area contributed by atoms with Gasteiger partial charge in [0, 0.05) is 18.7 Å². The quantitative estimate of drug-likeness (QED) is 0.365. The van der Waals surface area contributed by atoms with Gasteiger partial charge in [-0.1, -0.05) is 19.3 Å². The molecule has 0 aromatic heterocycles. The number of hydrogen-bond donors (Lipinski definition) is 1. The fourth-order valence-electron chi connectivity index (χ4n) is 3.15. The van der Waals surface area contributed by atoms with Crippen LogP contribution in [0.2, 0.25) is 0 Å². The Morgan fingerprint density at radius 2 is 2.00 bits per heavy atom. The van der Waals surface area contributed by atoms with Crippen LogP contribution in [0.15, 0.2) is 18.2 Å². The molecule has 25 heavy (non-hydrogen) atoms. The van der Waals surface area contributed by atoms with Gasteiger partial charge in [0.25, 0.3) is 11.6 Å². The van der Waals surface area contributed by atoms with Gasteiger partial charge in [0.1, 0.15) is 5.69 Å². The van der Waals surface area contributed by atoms with Gasteiger partial charge in [-0.15, -0.1) is 0 Å². The summed E-state index contributed by atoms with van der Waals surface area (Å²) >= 11 is 0. The molecule has 0 saturated heterocycles. The molecule has 136 valence electrons. The number of carbonyl (C=O) groups excluding carboxylic acids is 2. The number of rotatable bonds is 6. The lowest BCUT2D eigenvalue weighted by atomic mass is 9.94. The lowest BCUT2D eigenvalue weighted by Gasteiger charge is -2.33.